The average molecular weight is 412 g/mol. The Kier molecular flexibility index (Phi) is 7.08. The summed E-state index contributed by atoms with van der Waals surface area (Å²) in [6.07, 6.45) is 1.65. The molecule has 0 saturated heterocycles. The molecule has 0 aliphatic carbocycles. The number of nitrogens with zero attached hydrogens (tertiary/aromatic N) is 1. The summed E-state index contributed by atoms with van der Waals surface area (Å²) in [6.45, 7) is 0.323. The van der Waals surface area contributed by atoms with Crippen molar-refractivity contribution < 1.29 is 18.7 Å². The molecule has 3 aromatic rings. The maximum atomic E-state index is 13.1. The summed E-state index contributed by atoms with van der Waals surface area (Å²) in [6, 6.07) is 15.2. The molecule has 5 nitrogen and oxygen atoms in total. The summed E-state index contributed by atoms with van der Waals surface area (Å²) in [5.74, 6) is 1.41. The van der Waals surface area contributed by atoms with E-state index in [9.17, 15) is 9.18 Å². The van der Waals surface area contributed by atoms with Gasteiger partial charge in [-0.1, -0.05) is 12.1 Å². The Balaban J connectivity index is 1.67. The van der Waals surface area contributed by atoms with Gasteiger partial charge in [-0.15, -0.1) is 11.8 Å². The molecule has 2 aromatic carbocycles. The van der Waals surface area contributed by atoms with Gasteiger partial charge in [-0.3, -0.25) is 4.79 Å². The zero-order chi connectivity index (χ0) is 20.6. The number of pyridine rings is 1. The number of rotatable bonds is 8. The van der Waals surface area contributed by atoms with Crippen LogP contribution in [0.5, 0.6) is 11.5 Å². The molecule has 1 amide bonds. The lowest BCUT2D eigenvalue weighted by Gasteiger charge is -2.11. The van der Waals surface area contributed by atoms with Crippen molar-refractivity contribution in [1.82, 2.24) is 10.3 Å². The quantitative estimate of drug-likeness (QED) is 0.554. The first kappa shape index (κ1) is 20.7. The second kappa shape index (κ2) is 9.93. The first-order valence-corrected chi connectivity index (χ1v) is 9.90. The lowest BCUT2D eigenvalue weighted by molar-refractivity contribution is 0.0947. The van der Waals surface area contributed by atoms with Crippen LogP contribution < -0.4 is 14.8 Å². The summed E-state index contributed by atoms with van der Waals surface area (Å²) in [5.41, 5.74) is 2.31. The Labute approximate surface area is 173 Å². The maximum Gasteiger partial charge on any atom is 0.254 e. The van der Waals surface area contributed by atoms with Crippen LogP contribution >= 0.6 is 11.8 Å². The molecule has 0 atom stereocenters. The van der Waals surface area contributed by atoms with E-state index in [0.29, 0.717) is 34.4 Å². The second-order valence-electron chi connectivity index (χ2n) is 6.17. The third-order valence-electron chi connectivity index (χ3n) is 4.17. The molecule has 1 heterocycles. The molecule has 1 N–H and O–H groups in total. The van der Waals surface area contributed by atoms with Gasteiger partial charge in [0.1, 0.15) is 22.3 Å². The zero-order valence-corrected chi connectivity index (χ0v) is 17.0. The molecule has 0 spiro atoms. The Bertz CT molecular complexity index is 958. The van der Waals surface area contributed by atoms with E-state index in [0.717, 1.165) is 11.1 Å². The fraction of sp³-hybridized carbons (Fsp3) is 0.182. The van der Waals surface area contributed by atoms with Gasteiger partial charge in [-0.05, 0) is 47.5 Å². The van der Waals surface area contributed by atoms with Crippen molar-refractivity contribution in [3.63, 3.8) is 0 Å². The highest BCUT2D eigenvalue weighted by Crippen LogP contribution is 2.25. The number of benzene rings is 2. The van der Waals surface area contributed by atoms with Crippen LogP contribution in [0.3, 0.4) is 0 Å². The number of thioether (sulfide) groups is 1. The highest BCUT2D eigenvalue weighted by atomic mass is 32.2. The molecular formula is C22H21FN2O3S. The molecule has 1 aromatic heterocycles. The minimum absolute atomic E-state index is 0.221. The van der Waals surface area contributed by atoms with Crippen molar-refractivity contribution in [2.75, 3.05) is 14.2 Å². The van der Waals surface area contributed by atoms with E-state index >= 15 is 0 Å². The van der Waals surface area contributed by atoms with E-state index in [-0.39, 0.29) is 11.7 Å². The van der Waals surface area contributed by atoms with Crippen LogP contribution in [0.1, 0.15) is 21.5 Å². The van der Waals surface area contributed by atoms with Crippen molar-refractivity contribution in [3.8, 4) is 11.5 Å². The highest BCUT2D eigenvalue weighted by Gasteiger charge is 2.13. The van der Waals surface area contributed by atoms with Gasteiger partial charge < -0.3 is 14.8 Å². The molecule has 0 saturated carbocycles. The third kappa shape index (κ3) is 5.71. The van der Waals surface area contributed by atoms with Crippen molar-refractivity contribution in [2.24, 2.45) is 0 Å². The molecule has 29 heavy (non-hydrogen) atoms. The number of halogens is 1. The Morgan fingerprint density at radius 1 is 1.03 bits per heavy atom. The van der Waals surface area contributed by atoms with Crippen molar-refractivity contribution in [2.45, 2.75) is 17.3 Å². The van der Waals surface area contributed by atoms with Crippen LogP contribution in [0.4, 0.5) is 4.39 Å². The number of amides is 1. The summed E-state index contributed by atoms with van der Waals surface area (Å²) in [5, 5.41) is 3.53. The number of nitrogens with one attached hydrogen (secondary N) is 1. The van der Waals surface area contributed by atoms with E-state index in [1.54, 1.807) is 50.7 Å². The van der Waals surface area contributed by atoms with E-state index < -0.39 is 0 Å². The smallest absolute Gasteiger partial charge is 0.254 e. The average Bonchev–Trinajstić information content (AvgIpc) is 2.77. The number of ether oxygens (including phenoxy) is 2. The lowest BCUT2D eigenvalue weighted by atomic mass is 10.2. The van der Waals surface area contributed by atoms with Crippen LogP contribution in [0.25, 0.3) is 0 Å². The van der Waals surface area contributed by atoms with Crippen LogP contribution in [0, 0.1) is 5.82 Å². The Morgan fingerprint density at radius 3 is 2.38 bits per heavy atom. The monoisotopic (exact) mass is 412 g/mol. The summed E-state index contributed by atoms with van der Waals surface area (Å²) < 4.78 is 23.6. The van der Waals surface area contributed by atoms with E-state index in [4.69, 9.17) is 9.47 Å². The number of hydrogen-bond donors (Lipinski definition) is 1. The number of methoxy groups -OCH3 is 2. The van der Waals surface area contributed by atoms with Gasteiger partial charge >= 0.3 is 0 Å². The number of carbonyl (C=O) groups excluding carboxylic acids is 1. The fourth-order valence-electron chi connectivity index (χ4n) is 2.66. The van der Waals surface area contributed by atoms with Gasteiger partial charge in [0.05, 0.1) is 19.8 Å². The molecular weight excluding hydrogens is 391 g/mol. The lowest BCUT2D eigenvalue weighted by Crippen LogP contribution is -2.23. The van der Waals surface area contributed by atoms with E-state index in [1.165, 1.54) is 23.9 Å². The van der Waals surface area contributed by atoms with Gasteiger partial charge in [0.25, 0.3) is 5.91 Å². The molecule has 7 heteroatoms. The molecule has 0 aliphatic heterocycles. The molecule has 0 radical (unpaired) electrons. The molecule has 0 fully saturated rings. The normalized spacial score (nSPS) is 10.4. The van der Waals surface area contributed by atoms with Crippen LogP contribution in [0.2, 0.25) is 0 Å². The van der Waals surface area contributed by atoms with Crippen LogP contribution in [-0.2, 0) is 12.3 Å². The molecule has 0 bridgehead atoms. The molecule has 3 rings (SSSR count). The largest absolute Gasteiger partial charge is 0.497 e. The SMILES string of the molecule is COc1cc(CNC(=O)c2cccnc2SCc2ccc(F)cc2)cc(OC)c1. The number of aromatic nitrogens is 1. The van der Waals surface area contributed by atoms with Crippen LogP contribution in [0.15, 0.2) is 65.8 Å². The van der Waals surface area contributed by atoms with Gasteiger partial charge in [0, 0.05) is 24.6 Å². The predicted octanol–water partition coefficient (Wildman–Crippen LogP) is 4.46. The number of hydrogen-bond acceptors (Lipinski definition) is 5. The summed E-state index contributed by atoms with van der Waals surface area (Å²) in [4.78, 5) is 17.1. The van der Waals surface area contributed by atoms with Gasteiger partial charge in [0.15, 0.2) is 0 Å². The zero-order valence-electron chi connectivity index (χ0n) is 16.1. The van der Waals surface area contributed by atoms with Crippen molar-refractivity contribution in [3.05, 3.63) is 83.3 Å². The first-order valence-electron chi connectivity index (χ1n) is 8.91. The topological polar surface area (TPSA) is 60.5 Å². The highest BCUT2D eigenvalue weighted by molar-refractivity contribution is 7.98. The minimum Gasteiger partial charge on any atom is -0.497 e. The summed E-state index contributed by atoms with van der Waals surface area (Å²) in [7, 11) is 3.16. The summed E-state index contributed by atoms with van der Waals surface area (Å²) >= 11 is 1.43. The maximum absolute atomic E-state index is 13.1. The first-order chi connectivity index (χ1) is 14.1. The second-order valence-corrected chi connectivity index (χ2v) is 7.14. The van der Waals surface area contributed by atoms with Gasteiger partial charge in [-0.25, -0.2) is 9.37 Å². The van der Waals surface area contributed by atoms with Crippen molar-refractivity contribution >= 4 is 17.7 Å². The van der Waals surface area contributed by atoms with E-state index in [1.807, 2.05) is 12.1 Å². The molecule has 0 unspecified atom stereocenters. The third-order valence-corrected chi connectivity index (χ3v) is 5.25. The minimum atomic E-state index is -0.272. The predicted molar refractivity (Wildman–Crippen MR) is 111 cm³/mol. The standard InChI is InChI=1S/C22H21FN2O3S/c1-27-18-10-16(11-19(12-18)28-2)13-25-21(26)20-4-3-9-24-22(20)29-14-15-5-7-17(23)8-6-15/h3-12H,13-14H2,1-2H3,(H,25,26). The van der Waals surface area contributed by atoms with Gasteiger partial charge in [0.2, 0.25) is 0 Å². The van der Waals surface area contributed by atoms with Gasteiger partial charge in [-0.2, -0.15) is 0 Å². The molecule has 150 valence electrons. The van der Waals surface area contributed by atoms with Crippen LogP contribution in [-0.4, -0.2) is 25.1 Å². The van der Waals surface area contributed by atoms with E-state index in [2.05, 4.69) is 10.3 Å². The van der Waals surface area contributed by atoms with Crippen molar-refractivity contribution in [1.29, 1.82) is 0 Å². The fourth-order valence-corrected chi connectivity index (χ4v) is 3.60. The Hall–Kier alpha value is -3.06. The molecule has 0 aliphatic rings. The number of carbonyl (C=O) groups is 1. The Morgan fingerprint density at radius 2 is 1.72 bits per heavy atom.